The summed E-state index contributed by atoms with van der Waals surface area (Å²) < 4.78 is 11.4. The summed E-state index contributed by atoms with van der Waals surface area (Å²) in [7, 11) is 0. The maximum absolute atomic E-state index is 9.62. The molecule has 4 nitrogen and oxygen atoms in total. The topological polar surface area (TPSA) is 50.7 Å². The molecule has 2 N–H and O–H groups in total. The summed E-state index contributed by atoms with van der Waals surface area (Å²) in [6.45, 7) is 9.60. The van der Waals surface area contributed by atoms with Gasteiger partial charge in [0, 0.05) is 12.1 Å². The van der Waals surface area contributed by atoms with E-state index < -0.39 is 0 Å². The lowest BCUT2D eigenvalue weighted by atomic mass is 9.80. The Hall–Kier alpha value is -0.160. The van der Waals surface area contributed by atoms with E-state index in [0.29, 0.717) is 19.1 Å². The Morgan fingerprint density at radius 1 is 1.37 bits per heavy atom. The van der Waals surface area contributed by atoms with Gasteiger partial charge in [-0.1, -0.05) is 20.8 Å². The SMILES string of the molecule is CCNC1(CO)CCCC(OCCOCC(C)C)C1. The van der Waals surface area contributed by atoms with Crippen molar-refractivity contribution in [2.45, 2.75) is 58.1 Å². The molecule has 1 rings (SSSR count). The predicted molar refractivity (Wildman–Crippen MR) is 77.4 cm³/mol. The van der Waals surface area contributed by atoms with Crippen LogP contribution in [0.2, 0.25) is 0 Å². The van der Waals surface area contributed by atoms with Crippen molar-refractivity contribution in [2.24, 2.45) is 5.92 Å². The first-order valence-electron chi connectivity index (χ1n) is 7.67. The number of ether oxygens (including phenoxy) is 2. The fraction of sp³-hybridized carbons (Fsp3) is 1.00. The fourth-order valence-corrected chi connectivity index (χ4v) is 2.78. The average molecular weight is 273 g/mol. The van der Waals surface area contributed by atoms with E-state index in [1.165, 1.54) is 0 Å². The average Bonchev–Trinajstić information content (AvgIpc) is 2.39. The highest BCUT2D eigenvalue weighted by atomic mass is 16.5. The van der Waals surface area contributed by atoms with Crippen molar-refractivity contribution in [3.63, 3.8) is 0 Å². The second-order valence-electron chi connectivity index (χ2n) is 6.03. The van der Waals surface area contributed by atoms with E-state index in [-0.39, 0.29) is 18.2 Å². The molecular weight excluding hydrogens is 242 g/mol. The fourth-order valence-electron chi connectivity index (χ4n) is 2.78. The molecule has 1 saturated carbocycles. The van der Waals surface area contributed by atoms with Crippen molar-refractivity contribution >= 4 is 0 Å². The Kier molecular flexibility index (Phi) is 7.91. The van der Waals surface area contributed by atoms with Gasteiger partial charge in [0.25, 0.3) is 0 Å². The van der Waals surface area contributed by atoms with E-state index in [1.807, 2.05) is 0 Å². The molecule has 0 bridgehead atoms. The van der Waals surface area contributed by atoms with E-state index in [2.05, 4.69) is 26.1 Å². The zero-order chi connectivity index (χ0) is 14.1. The molecule has 0 saturated heterocycles. The first-order chi connectivity index (χ1) is 9.12. The van der Waals surface area contributed by atoms with Crippen LogP contribution in [0.4, 0.5) is 0 Å². The lowest BCUT2D eigenvalue weighted by Crippen LogP contribution is -2.53. The quantitative estimate of drug-likeness (QED) is 0.631. The number of likely N-dealkylation sites (N-methyl/N-ethyl adjacent to an activating group) is 1. The molecular formula is C15H31NO3. The molecule has 4 heteroatoms. The van der Waals surface area contributed by atoms with Gasteiger partial charge in [-0.15, -0.1) is 0 Å². The van der Waals surface area contributed by atoms with Crippen LogP contribution in [0.25, 0.3) is 0 Å². The van der Waals surface area contributed by atoms with Crippen molar-refractivity contribution in [1.82, 2.24) is 5.32 Å². The predicted octanol–water partition coefficient (Wildman–Crippen LogP) is 1.96. The highest BCUT2D eigenvalue weighted by Gasteiger charge is 2.35. The van der Waals surface area contributed by atoms with Crippen molar-refractivity contribution in [1.29, 1.82) is 0 Å². The third-order valence-corrected chi connectivity index (χ3v) is 3.69. The summed E-state index contributed by atoms with van der Waals surface area (Å²) in [4.78, 5) is 0. The van der Waals surface area contributed by atoms with E-state index in [9.17, 15) is 5.11 Å². The third-order valence-electron chi connectivity index (χ3n) is 3.69. The first-order valence-corrected chi connectivity index (χ1v) is 7.67. The van der Waals surface area contributed by atoms with E-state index in [4.69, 9.17) is 9.47 Å². The van der Waals surface area contributed by atoms with Crippen molar-refractivity contribution in [2.75, 3.05) is 33.0 Å². The first kappa shape index (κ1) is 16.9. The molecule has 0 heterocycles. The minimum absolute atomic E-state index is 0.129. The molecule has 0 aliphatic heterocycles. The lowest BCUT2D eigenvalue weighted by Gasteiger charge is -2.40. The molecule has 0 spiro atoms. The van der Waals surface area contributed by atoms with Gasteiger partial charge in [0.15, 0.2) is 0 Å². The molecule has 114 valence electrons. The highest BCUT2D eigenvalue weighted by Crippen LogP contribution is 2.29. The van der Waals surface area contributed by atoms with Gasteiger partial charge >= 0.3 is 0 Å². The van der Waals surface area contributed by atoms with Gasteiger partial charge in [-0.3, -0.25) is 0 Å². The molecule has 2 atom stereocenters. The van der Waals surface area contributed by atoms with Crippen LogP contribution < -0.4 is 5.32 Å². The van der Waals surface area contributed by atoms with Gasteiger partial charge in [-0.05, 0) is 38.1 Å². The van der Waals surface area contributed by atoms with Crippen LogP contribution in [0.15, 0.2) is 0 Å². The summed E-state index contributed by atoms with van der Waals surface area (Å²) in [5, 5.41) is 13.1. The van der Waals surface area contributed by atoms with Crippen LogP contribution in [0.3, 0.4) is 0 Å². The Morgan fingerprint density at radius 3 is 2.79 bits per heavy atom. The monoisotopic (exact) mass is 273 g/mol. The molecule has 0 aromatic rings. The molecule has 0 radical (unpaired) electrons. The van der Waals surface area contributed by atoms with E-state index in [0.717, 1.165) is 38.8 Å². The van der Waals surface area contributed by atoms with Crippen LogP contribution >= 0.6 is 0 Å². The molecule has 0 aromatic carbocycles. The summed E-state index contributed by atoms with van der Waals surface area (Å²) >= 11 is 0. The maximum atomic E-state index is 9.62. The Balaban J connectivity index is 2.23. The molecule has 0 aromatic heterocycles. The van der Waals surface area contributed by atoms with Gasteiger partial charge < -0.3 is 19.9 Å². The second-order valence-corrected chi connectivity index (χ2v) is 6.03. The number of hydrogen-bond donors (Lipinski definition) is 2. The van der Waals surface area contributed by atoms with Crippen LogP contribution in [0.1, 0.15) is 46.5 Å². The molecule has 19 heavy (non-hydrogen) atoms. The number of hydrogen-bond acceptors (Lipinski definition) is 4. The normalized spacial score (nSPS) is 27.9. The summed E-state index contributed by atoms with van der Waals surface area (Å²) in [5.74, 6) is 0.575. The minimum atomic E-state index is -0.129. The zero-order valence-electron chi connectivity index (χ0n) is 12.8. The largest absolute Gasteiger partial charge is 0.394 e. The van der Waals surface area contributed by atoms with Gasteiger partial charge in [-0.2, -0.15) is 0 Å². The lowest BCUT2D eigenvalue weighted by molar-refractivity contribution is -0.0398. The number of aliphatic hydroxyl groups excluding tert-OH is 1. The van der Waals surface area contributed by atoms with Gasteiger partial charge in [-0.25, -0.2) is 0 Å². The van der Waals surface area contributed by atoms with Gasteiger partial charge in [0.2, 0.25) is 0 Å². The van der Waals surface area contributed by atoms with Crippen molar-refractivity contribution in [3.05, 3.63) is 0 Å². The number of nitrogens with one attached hydrogen (secondary N) is 1. The Morgan fingerprint density at radius 2 is 2.16 bits per heavy atom. The van der Waals surface area contributed by atoms with E-state index in [1.54, 1.807) is 0 Å². The minimum Gasteiger partial charge on any atom is -0.394 e. The molecule has 2 unspecified atom stereocenters. The van der Waals surface area contributed by atoms with E-state index >= 15 is 0 Å². The van der Waals surface area contributed by atoms with Crippen molar-refractivity contribution < 1.29 is 14.6 Å². The molecule has 0 amide bonds. The van der Waals surface area contributed by atoms with Crippen molar-refractivity contribution in [3.8, 4) is 0 Å². The molecule has 1 aliphatic carbocycles. The van der Waals surface area contributed by atoms with Crippen LogP contribution in [-0.4, -0.2) is 49.7 Å². The van der Waals surface area contributed by atoms with Gasteiger partial charge in [0.05, 0.1) is 25.9 Å². The van der Waals surface area contributed by atoms with Crippen LogP contribution in [-0.2, 0) is 9.47 Å². The number of aliphatic hydroxyl groups is 1. The molecule has 1 fully saturated rings. The summed E-state index contributed by atoms with van der Waals surface area (Å²) in [5.41, 5.74) is -0.129. The van der Waals surface area contributed by atoms with Gasteiger partial charge in [0.1, 0.15) is 0 Å². The standard InChI is InChI=1S/C15H31NO3/c1-4-16-15(12-17)7-5-6-14(10-15)19-9-8-18-11-13(2)3/h13-14,16-17H,4-12H2,1-3H3. The molecule has 1 aliphatic rings. The maximum Gasteiger partial charge on any atom is 0.0704 e. The number of rotatable bonds is 9. The third kappa shape index (κ3) is 6.21. The Labute approximate surface area is 117 Å². The highest BCUT2D eigenvalue weighted by molar-refractivity contribution is 4.93. The van der Waals surface area contributed by atoms with Crippen LogP contribution in [0.5, 0.6) is 0 Å². The Bertz CT molecular complexity index is 231. The zero-order valence-corrected chi connectivity index (χ0v) is 12.8. The summed E-state index contributed by atoms with van der Waals surface area (Å²) in [6, 6.07) is 0. The smallest absolute Gasteiger partial charge is 0.0704 e. The second kappa shape index (κ2) is 8.90. The summed E-state index contributed by atoms with van der Waals surface area (Å²) in [6.07, 6.45) is 4.41. The van der Waals surface area contributed by atoms with Crippen LogP contribution in [0, 0.1) is 5.92 Å².